The number of rotatable bonds is 2. The Labute approximate surface area is 199 Å². The van der Waals surface area contributed by atoms with E-state index in [1.807, 2.05) is 39.1 Å². The Morgan fingerprint density at radius 1 is 1.12 bits per heavy atom. The maximum absolute atomic E-state index is 15.2. The summed E-state index contributed by atoms with van der Waals surface area (Å²) in [7, 11) is 1.96. The number of carbonyl (C=O) groups excluding carboxylic acids is 2. The minimum atomic E-state index is -0.631. The Morgan fingerprint density at radius 2 is 1.76 bits per heavy atom. The fraction of sp³-hybridized carbons (Fsp3) is 0.346. The standard InChI is InChI=1S/C26H28FN3O2S/c1-14-7-15(2)9-18(8-14)30-24(32)20(23(31)28-25(30)33)11-17-10-19-16(3)13-26(4,5)29(6)22(19)12-21(17)27/h7-12,16H,13H2,1-6H3,(H,28,31,33)/b20-11-. The molecule has 2 aliphatic rings. The quantitative estimate of drug-likeness (QED) is 0.385. The van der Waals surface area contributed by atoms with Crippen LogP contribution in [0.15, 0.2) is 35.9 Å². The highest BCUT2D eigenvalue weighted by Crippen LogP contribution is 2.43. The number of carbonyl (C=O) groups is 2. The molecule has 2 aromatic rings. The molecule has 2 aliphatic heterocycles. The summed E-state index contributed by atoms with van der Waals surface area (Å²) in [5.74, 6) is -1.48. The van der Waals surface area contributed by atoms with Gasteiger partial charge in [0.15, 0.2) is 5.11 Å². The Balaban J connectivity index is 1.78. The van der Waals surface area contributed by atoms with E-state index in [0.717, 1.165) is 28.8 Å². The minimum Gasteiger partial charge on any atom is -0.369 e. The fourth-order valence-electron chi connectivity index (χ4n) is 4.84. The van der Waals surface area contributed by atoms with Gasteiger partial charge in [0.25, 0.3) is 11.8 Å². The molecule has 2 heterocycles. The lowest BCUT2D eigenvalue weighted by Crippen LogP contribution is -2.54. The van der Waals surface area contributed by atoms with Crippen LogP contribution >= 0.6 is 12.2 Å². The molecule has 2 amide bonds. The van der Waals surface area contributed by atoms with Crippen LogP contribution in [0.2, 0.25) is 0 Å². The van der Waals surface area contributed by atoms with Crippen LogP contribution in [-0.4, -0.2) is 29.5 Å². The molecule has 172 valence electrons. The summed E-state index contributed by atoms with van der Waals surface area (Å²) >= 11 is 5.29. The van der Waals surface area contributed by atoms with E-state index in [1.165, 1.54) is 17.0 Å². The Morgan fingerprint density at radius 3 is 2.39 bits per heavy atom. The topological polar surface area (TPSA) is 52.7 Å². The highest BCUT2D eigenvalue weighted by atomic mass is 32.1. The molecule has 0 bridgehead atoms. The molecule has 1 fully saturated rings. The second-order valence-corrected chi connectivity index (χ2v) is 10.1. The number of benzene rings is 2. The fourth-order valence-corrected chi connectivity index (χ4v) is 5.12. The van der Waals surface area contributed by atoms with E-state index in [0.29, 0.717) is 5.69 Å². The molecule has 0 saturated carbocycles. The molecule has 5 nitrogen and oxygen atoms in total. The molecule has 33 heavy (non-hydrogen) atoms. The first-order chi connectivity index (χ1) is 15.4. The van der Waals surface area contributed by atoms with Crippen molar-refractivity contribution in [3.63, 3.8) is 0 Å². The lowest BCUT2D eigenvalue weighted by atomic mass is 9.80. The van der Waals surface area contributed by atoms with Gasteiger partial charge >= 0.3 is 0 Å². The summed E-state index contributed by atoms with van der Waals surface area (Å²) < 4.78 is 15.2. The zero-order valence-electron chi connectivity index (χ0n) is 19.7. The number of anilines is 2. The minimum absolute atomic E-state index is 0.00976. The molecule has 4 rings (SSSR count). The van der Waals surface area contributed by atoms with E-state index in [-0.39, 0.29) is 27.7 Å². The van der Waals surface area contributed by atoms with E-state index in [1.54, 1.807) is 6.07 Å². The van der Waals surface area contributed by atoms with Gasteiger partial charge in [0, 0.05) is 23.8 Å². The van der Waals surface area contributed by atoms with Gasteiger partial charge in [-0.3, -0.25) is 19.8 Å². The molecule has 2 aromatic carbocycles. The Kier molecular flexibility index (Phi) is 5.65. The van der Waals surface area contributed by atoms with Crippen LogP contribution in [0.25, 0.3) is 6.08 Å². The highest BCUT2D eigenvalue weighted by molar-refractivity contribution is 7.80. The number of hydrogen-bond donors (Lipinski definition) is 1. The highest BCUT2D eigenvalue weighted by Gasteiger charge is 2.37. The van der Waals surface area contributed by atoms with Crippen molar-refractivity contribution in [2.75, 3.05) is 16.8 Å². The molecule has 1 atom stereocenters. The summed E-state index contributed by atoms with van der Waals surface area (Å²) in [6, 6.07) is 8.88. The zero-order chi connectivity index (χ0) is 24.2. The van der Waals surface area contributed by atoms with E-state index in [9.17, 15) is 9.59 Å². The summed E-state index contributed by atoms with van der Waals surface area (Å²) in [6.45, 7) is 10.2. The third kappa shape index (κ3) is 4.06. The number of amides is 2. The van der Waals surface area contributed by atoms with Crippen molar-refractivity contribution in [2.24, 2.45) is 0 Å². The summed E-state index contributed by atoms with van der Waals surface area (Å²) in [5.41, 5.74) is 4.28. The molecule has 0 spiro atoms. The largest absolute Gasteiger partial charge is 0.369 e. The van der Waals surface area contributed by atoms with Crippen molar-refractivity contribution in [3.05, 3.63) is 64.0 Å². The maximum Gasteiger partial charge on any atom is 0.270 e. The number of nitrogens with zero attached hydrogens (tertiary/aromatic N) is 2. The van der Waals surface area contributed by atoms with Crippen molar-refractivity contribution in [3.8, 4) is 0 Å². The van der Waals surface area contributed by atoms with Gasteiger partial charge in [-0.1, -0.05) is 13.0 Å². The summed E-state index contributed by atoms with van der Waals surface area (Å²) in [5, 5.41) is 2.58. The average Bonchev–Trinajstić information content (AvgIpc) is 2.69. The van der Waals surface area contributed by atoms with E-state index in [4.69, 9.17) is 12.2 Å². The van der Waals surface area contributed by atoms with Crippen LogP contribution in [0, 0.1) is 19.7 Å². The predicted octanol–water partition coefficient (Wildman–Crippen LogP) is 5.00. The van der Waals surface area contributed by atoms with Gasteiger partial charge in [0.1, 0.15) is 11.4 Å². The van der Waals surface area contributed by atoms with E-state index < -0.39 is 17.6 Å². The van der Waals surface area contributed by atoms with Crippen LogP contribution in [-0.2, 0) is 9.59 Å². The van der Waals surface area contributed by atoms with Gasteiger partial charge in [0.2, 0.25) is 0 Å². The maximum atomic E-state index is 15.2. The van der Waals surface area contributed by atoms with Crippen molar-refractivity contribution in [1.29, 1.82) is 0 Å². The summed E-state index contributed by atoms with van der Waals surface area (Å²) in [4.78, 5) is 29.4. The molecule has 0 aromatic heterocycles. The smallest absolute Gasteiger partial charge is 0.270 e. The van der Waals surface area contributed by atoms with Crippen LogP contribution < -0.4 is 15.1 Å². The van der Waals surface area contributed by atoms with Crippen LogP contribution in [0.1, 0.15) is 55.4 Å². The molecular weight excluding hydrogens is 437 g/mol. The van der Waals surface area contributed by atoms with Crippen LogP contribution in [0.5, 0.6) is 0 Å². The Bertz CT molecular complexity index is 1210. The predicted molar refractivity (Wildman–Crippen MR) is 134 cm³/mol. The zero-order valence-corrected chi connectivity index (χ0v) is 20.6. The number of thiocarbonyl (C=S) groups is 1. The molecule has 1 unspecified atom stereocenters. The average molecular weight is 466 g/mol. The van der Waals surface area contributed by atoms with E-state index in [2.05, 4.69) is 31.0 Å². The van der Waals surface area contributed by atoms with Crippen molar-refractivity contribution in [2.45, 2.75) is 52.5 Å². The number of hydrogen-bond acceptors (Lipinski definition) is 4. The van der Waals surface area contributed by atoms with Gasteiger partial charge < -0.3 is 4.90 Å². The third-order valence-corrected chi connectivity index (χ3v) is 6.90. The lowest BCUT2D eigenvalue weighted by Gasteiger charge is -2.45. The summed E-state index contributed by atoms with van der Waals surface area (Å²) in [6.07, 6.45) is 2.24. The van der Waals surface area contributed by atoms with Crippen LogP contribution in [0.3, 0.4) is 0 Å². The second-order valence-electron chi connectivity index (χ2n) is 9.71. The number of aryl methyl sites for hydroxylation is 2. The molecule has 7 heteroatoms. The Hall–Kier alpha value is -3.06. The van der Waals surface area contributed by atoms with Gasteiger partial charge in [-0.15, -0.1) is 0 Å². The number of halogens is 1. The normalized spacial score (nSPS) is 21.4. The number of fused-ring (bicyclic) bond motifs is 1. The molecule has 1 saturated heterocycles. The van der Waals surface area contributed by atoms with Crippen LogP contribution in [0.4, 0.5) is 15.8 Å². The van der Waals surface area contributed by atoms with Crippen molar-refractivity contribution >= 4 is 46.6 Å². The van der Waals surface area contributed by atoms with Gasteiger partial charge in [0.05, 0.1) is 5.69 Å². The molecule has 0 aliphatic carbocycles. The van der Waals surface area contributed by atoms with E-state index >= 15 is 4.39 Å². The second kappa shape index (κ2) is 8.06. The first-order valence-corrected chi connectivity index (χ1v) is 11.4. The first-order valence-electron chi connectivity index (χ1n) is 11.0. The molecule has 0 radical (unpaired) electrons. The molecular formula is C26H28FN3O2S. The number of nitrogens with one attached hydrogen (secondary N) is 1. The first kappa shape index (κ1) is 23.1. The van der Waals surface area contributed by atoms with Gasteiger partial charge in [-0.2, -0.15) is 0 Å². The van der Waals surface area contributed by atoms with Crippen molar-refractivity contribution in [1.82, 2.24) is 5.32 Å². The molecule has 1 N–H and O–H groups in total. The van der Waals surface area contributed by atoms with Crippen molar-refractivity contribution < 1.29 is 14.0 Å². The SMILES string of the molecule is Cc1cc(C)cc(N2C(=O)/C(=C\c3cc4c(cc3F)N(C)C(C)(C)CC4C)C(=O)NC2=S)c1. The third-order valence-electron chi connectivity index (χ3n) is 6.62. The lowest BCUT2D eigenvalue weighted by molar-refractivity contribution is -0.122. The van der Waals surface area contributed by atoms with Gasteiger partial charge in [-0.05, 0) is 99.3 Å². The van der Waals surface area contributed by atoms with Gasteiger partial charge in [-0.25, -0.2) is 4.39 Å². The monoisotopic (exact) mass is 465 g/mol.